The minimum Gasteiger partial charge on any atom is -0.335 e. The second-order valence-corrected chi connectivity index (χ2v) is 5.80. The largest absolute Gasteiger partial charge is 0.335 e. The van der Waals surface area contributed by atoms with Crippen molar-refractivity contribution in [3.05, 3.63) is 23.9 Å². The van der Waals surface area contributed by atoms with E-state index in [4.69, 9.17) is 5.84 Å². The highest BCUT2D eigenvalue weighted by Crippen LogP contribution is 2.36. The Bertz CT molecular complexity index is 489. The Morgan fingerprint density at radius 1 is 1.30 bits per heavy atom. The van der Waals surface area contributed by atoms with Gasteiger partial charge in [-0.3, -0.25) is 4.79 Å². The number of piperidine rings is 1. The number of hydrazine groups is 1. The van der Waals surface area contributed by atoms with Crippen molar-refractivity contribution in [2.24, 2.45) is 11.8 Å². The lowest BCUT2D eigenvalue weighted by Gasteiger charge is -2.44. The number of nitrogen functional groups attached to an aromatic ring is 1. The van der Waals surface area contributed by atoms with E-state index in [1.807, 2.05) is 0 Å². The molecule has 2 fully saturated rings. The number of rotatable bonds is 2. The summed E-state index contributed by atoms with van der Waals surface area (Å²) in [5.74, 6) is 6.69. The van der Waals surface area contributed by atoms with E-state index < -0.39 is 0 Å². The van der Waals surface area contributed by atoms with Gasteiger partial charge in [0.05, 0.1) is 5.56 Å². The van der Waals surface area contributed by atoms with Crippen LogP contribution in [0.3, 0.4) is 0 Å². The summed E-state index contributed by atoms with van der Waals surface area (Å²) in [6, 6.07) is 4.00. The number of carbonyl (C=O) groups excluding carboxylic acids is 1. The molecule has 1 aromatic heterocycles. The SMILES string of the molecule is NNc1ncccc1C(=O)N1CCCC2CCCCC21. The van der Waals surface area contributed by atoms with Crippen LogP contribution >= 0.6 is 0 Å². The number of amides is 1. The summed E-state index contributed by atoms with van der Waals surface area (Å²) in [5.41, 5.74) is 3.11. The van der Waals surface area contributed by atoms with Crippen molar-refractivity contribution in [3.63, 3.8) is 0 Å². The normalized spacial score (nSPS) is 25.9. The van der Waals surface area contributed by atoms with Gasteiger partial charge in [0.25, 0.3) is 5.91 Å². The lowest BCUT2D eigenvalue weighted by Crippen LogP contribution is -2.49. The monoisotopic (exact) mass is 274 g/mol. The van der Waals surface area contributed by atoms with E-state index in [-0.39, 0.29) is 5.91 Å². The van der Waals surface area contributed by atoms with Crippen LogP contribution in [0.1, 0.15) is 48.9 Å². The lowest BCUT2D eigenvalue weighted by atomic mass is 9.78. The predicted octanol–water partition coefficient (Wildman–Crippen LogP) is 2.16. The lowest BCUT2D eigenvalue weighted by molar-refractivity contribution is 0.0391. The van der Waals surface area contributed by atoms with Crippen LogP contribution in [0.5, 0.6) is 0 Å². The third-order valence-corrected chi connectivity index (χ3v) is 4.68. The molecular formula is C15H22N4O. The Hall–Kier alpha value is -1.62. The molecule has 2 heterocycles. The van der Waals surface area contributed by atoms with E-state index in [9.17, 15) is 4.79 Å². The van der Waals surface area contributed by atoms with Crippen LogP contribution in [0.15, 0.2) is 18.3 Å². The van der Waals surface area contributed by atoms with Gasteiger partial charge in [-0.2, -0.15) is 0 Å². The number of nitrogens with one attached hydrogen (secondary N) is 1. The summed E-state index contributed by atoms with van der Waals surface area (Å²) in [5, 5.41) is 0. The van der Waals surface area contributed by atoms with Gasteiger partial charge in [0.15, 0.2) is 5.82 Å². The zero-order valence-corrected chi connectivity index (χ0v) is 11.7. The van der Waals surface area contributed by atoms with Crippen molar-refractivity contribution in [1.29, 1.82) is 0 Å². The fourth-order valence-corrected chi connectivity index (χ4v) is 3.72. The van der Waals surface area contributed by atoms with Crippen LogP contribution in [0.4, 0.5) is 5.82 Å². The van der Waals surface area contributed by atoms with Gasteiger partial charge in [-0.1, -0.05) is 12.8 Å². The highest BCUT2D eigenvalue weighted by molar-refractivity contribution is 5.98. The molecule has 3 N–H and O–H groups in total. The van der Waals surface area contributed by atoms with Crippen LogP contribution < -0.4 is 11.3 Å². The highest BCUT2D eigenvalue weighted by atomic mass is 16.2. The van der Waals surface area contributed by atoms with Gasteiger partial charge in [0, 0.05) is 18.8 Å². The first-order valence-corrected chi connectivity index (χ1v) is 7.54. The summed E-state index contributed by atoms with van der Waals surface area (Å²) >= 11 is 0. The van der Waals surface area contributed by atoms with Gasteiger partial charge in [-0.25, -0.2) is 10.8 Å². The second kappa shape index (κ2) is 5.79. The molecule has 3 rings (SSSR count). The Kier molecular flexibility index (Phi) is 3.87. The van der Waals surface area contributed by atoms with Gasteiger partial charge >= 0.3 is 0 Å². The minimum absolute atomic E-state index is 0.0719. The van der Waals surface area contributed by atoms with Gasteiger partial charge < -0.3 is 10.3 Å². The first kappa shape index (κ1) is 13.4. The number of aromatic nitrogens is 1. The van der Waals surface area contributed by atoms with Crippen LogP contribution in [0, 0.1) is 5.92 Å². The van der Waals surface area contributed by atoms with Crippen LogP contribution in [0.2, 0.25) is 0 Å². The summed E-state index contributed by atoms with van der Waals surface area (Å²) in [6.45, 7) is 0.860. The highest BCUT2D eigenvalue weighted by Gasteiger charge is 2.36. The number of nitrogens with two attached hydrogens (primary N) is 1. The molecule has 2 unspecified atom stereocenters. The van der Waals surface area contributed by atoms with Gasteiger partial charge in [0.1, 0.15) is 0 Å². The maximum Gasteiger partial charge on any atom is 0.257 e. The van der Waals surface area contributed by atoms with Gasteiger partial charge in [0.2, 0.25) is 0 Å². The zero-order valence-electron chi connectivity index (χ0n) is 11.7. The standard InChI is InChI=1S/C15H22N4O/c16-18-14-12(7-3-9-17-14)15(20)19-10-4-6-11-5-1-2-8-13(11)19/h3,7,9,11,13H,1-2,4-6,8,10,16H2,(H,17,18). The average Bonchev–Trinajstić information content (AvgIpc) is 2.53. The molecular weight excluding hydrogens is 252 g/mol. The summed E-state index contributed by atoms with van der Waals surface area (Å²) in [7, 11) is 0. The molecule has 1 aliphatic carbocycles. The molecule has 0 bridgehead atoms. The number of pyridine rings is 1. The van der Waals surface area contributed by atoms with Crippen molar-refractivity contribution < 1.29 is 4.79 Å². The number of fused-ring (bicyclic) bond motifs is 1. The van der Waals surface area contributed by atoms with Crippen molar-refractivity contribution in [3.8, 4) is 0 Å². The van der Waals surface area contributed by atoms with Crippen LogP contribution in [-0.4, -0.2) is 28.4 Å². The summed E-state index contributed by atoms with van der Waals surface area (Å²) < 4.78 is 0. The van der Waals surface area contributed by atoms with Crippen molar-refractivity contribution in [2.75, 3.05) is 12.0 Å². The van der Waals surface area contributed by atoms with Crippen molar-refractivity contribution >= 4 is 11.7 Å². The molecule has 5 nitrogen and oxygen atoms in total. The molecule has 0 radical (unpaired) electrons. The van der Waals surface area contributed by atoms with Gasteiger partial charge in [-0.05, 0) is 43.7 Å². The average molecular weight is 274 g/mol. The number of likely N-dealkylation sites (tertiary alicyclic amines) is 1. The molecule has 2 aliphatic rings. The molecule has 1 amide bonds. The van der Waals surface area contributed by atoms with E-state index in [0.717, 1.165) is 19.4 Å². The van der Waals surface area contributed by atoms with E-state index in [0.29, 0.717) is 23.3 Å². The zero-order chi connectivity index (χ0) is 13.9. The summed E-state index contributed by atoms with van der Waals surface area (Å²) in [6.07, 6.45) is 8.98. The third kappa shape index (κ3) is 2.38. The van der Waals surface area contributed by atoms with Crippen LogP contribution in [-0.2, 0) is 0 Å². The van der Waals surface area contributed by atoms with E-state index in [1.165, 1.54) is 25.7 Å². The Balaban J connectivity index is 1.85. The topological polar surface area (TPSA) is 71.2 Å². The Morgan fingerprint density at radius 3 is 2.95 bits per heavy atom. The number of nitrogens with zero attached hydrogens (tertiary/aromatic N) is 2. The molecule has 0 spiro atoms. The molecule has 2 atom stereocenters. The van der Waals surface area contributed by atoms with E-state index in [2.05, 4.69) is 15.3 Å². The summed E-state index contributed by atoms with van der Waals surface area (Å²) in [4.78, 5) is 19.0. The number of hydrogen-bond donors (Lipinski definition) is 2. The number of anilines is 1. The van der Waals surface area contributed by atoms with E-state index in [1.54, 1.807) is 18.3 Å². The van der Waals surface area contributed by atoms with Crippen LogP contribution in [0.25, 0.3) is 0 Å². The maximum atomic E-state index is 12.8. The maximum absolute atomic E-state index is 12.8. The molecule has 1 aliphatic heterocycles. The van der Waals surface area contributed by atoms with Crippen molar-refractivity contribution in [1.82, 2.24) is 9.88 Å². The first-order chi connectivity index (χ1) is 9.81. The van der Waals surface area contributed by atoms with Crippen molar-refractivity contribution in [2.45, 2.75) is 44.6 Å². The Labute approximate surface area is 119 Å². The van der Waals surface area contributed by atoms with E-state index >= 15 is 0 Å². The molecule has 20 heavy (non-hydrogen) atoms. The first-order valence-electron chi connectivity index (χ1n) is 7.54. The second-order valence-electron chi connectivity index (χ2n) is 5.80. The van der Waals surface area contributed by atoms with Gasteiger partial charge in [-0.15, -0.1) is 0 Å². The third-order valence-electron chi connectivity index (χ3n) is 4.68. The minimum atomic E-state index is 0.0719. The predicted molar refractivity (Wildman–Crippen MR) is 78.1 cm³/mol. The molecule has 108 valence electrons. The Morgan fingerprint density at radius 2 is 2.10 bits per heavy atom. The molecule has 5 heteroatoms. The quantitative estimate of drug-likeness (QED) is 0.640. The molecule has 1 aromatic rings. The molecule has 1 saturated carbocycles. The molecule has 1 saturated heterocycles. The fraction of sp³-hybridized carbons (Fsp3) is 0.600. The smallest absolute Gasteiger partial charge is 0.257 e. The fourth-order valence-electron chi connectivity index (χ4n) is 3.72. The molecule has 0 aromatic carbocycles. The number of hydrogen-bond acceptors (Lipinski definition) is 4. The number of carbonyl (C=O) groups is 1.